The Balaban J connectivity index is 1.69. The van der Waals surface area contributed by atoms with E-state index in [1.807, 2.05) is 61.9 Å². The van der Waals surface area contributed by atoms with Gasteiger partial charge in [-0.2, -0.15) is 5.10 Å². The van der Waals surface area contributed by atoms with Crippen molar-refractivity contribution in [1.29, 1.82) is 0 Å². The second-order valence-corrected chi connectivity index (χ2v) is 7.45. The summed E-state index contributed by atoms with van der Waals surface area (Å²) in [6.07, 6.45) is 0.813. The Morgan fingerprint density at radius 3 is 2.38 bits per heavy atom. The molecule has 152 valence electrons. The van der Waals surface area contributed by atoms with E-state index in [1.54, 1.807) is 7.11 Å². The van der Waals surface area contributed by atoms with Crippen LogP contribution in [0.25, 0.3) is 0 Å². The number of amides is 1. The zero-order valence-corrected chi connectivity index (χ0v) is 17.8. The third-order valence-corrected chi connectivity index (χ3v) is 5.19. The molecule has 5 nitrogen and oxygen atoms in total. The lowest BCUT2D eigenvalue weighted by Gasteiger charge is -2.19. The van der Waals surface area contributed by atoms with Gasteiger partial charge in [0.2, 0.25) is 0 Å². The van der Waals surface area contributed by atoms with Crippen LogP contribution in [0, 0.1) is 20.8 Å². The number of ether oxygens (including phenoxy) is 1. The maximum absolute atomic E-state index is 12.8. The van der Waals surface area contributed by atoms with Crippen molar-refractivity contribution < 1.29 is 9.53 Å². The minimum Gasteiger partial charge on any atom is -0.496 e. The van der Waals surface area contributed by atoms with Crippen LogP contribution in [-0.4, -0.2) is 22.8 Å². The molecule has 5 heteroatoms. The molecule has 0 spiro atoms. The highest BCUT2D eigenvalue weighted by Gasteiger charge is 2.15. The standard InChI is InChI=1S/C24H29N3O2/c1-6-22(21-11-12-23(29-5)16(2)13-21)25-24(28)20-9-7-19(8-10-20)15-27-18(4)14-17(3)26-27/h7-14,22H,6,15H2,1-5H3,(H,25,28)/t22-/m0/s1. The van der Waals surface area contributed by atoms with Crippen LogP contribution in [0.5, 0.6) is 5.75 Å². The van der Waals surface area contributed by atoms with E-state index in [0.717, 1.165) is 40.2 Å². The first kappa shape index (κ1) is 20.6. The van der Waals surface area contributed by atoms with Crippen LogP contribution in [0.3, 0.4) is 0 Å². The molecule has 1 N–H and O–H groups in total. The molecule has 0 saturated heterocycles. The number of rotatable bonds is 7. The average molecular weight is 392 g/mol. The number of nitrogens with one attached hydrogen (secondary N) is 1. The van der Waals surface area contributed by atoms with Gasteiger partial charge < -0.3 is 10.1 Å². The number of carbonyl (C=O) groups excluding carboxylic acids is 1. The second kappa shape index (κ2) is 8.95. The van der Waals surface area contributed by atoms with E-state index < -0.39 is 0 Å². The van der Waals surface area contributed by atoms with Crippen molar-refractivity contribution in [2.45, 2.75) is 46.7 Å². The highest BCUT2D eigenvalue weighted by Crippen LogP contribution is 2.24. The third kappa shape index (κ3) is 4.86. The molecular formula is C24H29N3O2. The van der Waals surface area contributed by atoms with Gasteiger partial charge in [-0.25, -0.2) is 0 Å². The Labute approximate surface area is 172 Å². The molecule has 0 aliphatic heterocycles. The molecule has 29 heavy (non-hydrogen) atoms. The van der Waals surface area contributed by atoms with Crippen molar-refractivity contribution >= 4 is 5.91 Å². The van der Waals surface area contributed by atoms with E-state index in [0.29, 0.717) is 12.1 Å². The van der Waals surface area contributed by atoms with Gasteiger partial charge in [0.05, 0.1) is 25.4 Å². The SMILES string of the molecule is CC[C@H](NC(=O)c1ccc(Cn2nc(C)cc2C)cc1)c1ccc(OC)c(C)c1. The molecule has 0 radical (unpaired) electrons. The lowest BCUT2D eigenvalue weighted by Crippen LogP contribution is -2.28. The molecule has 3 rings (SSSR count). The summed E-state index contributed by atoms with van der Waals surface area (Å²) in [4.78, 5) is 12.8. The first-order chi connectivity index (χ1) is 13.9. The zero-order chi connectivity index (χ0) is 21.0. The van der Waals surface area contributed by atoms with Crippen molar-refractivity contribution in [3.05, 3.63) is 82.2 Å². The molecule has 1 amide bonds. The van der Waals surface area contributed by atoms with Crippen molar-refractivity contribution in [3.63, 3.8) is 0 Å². The van der Waals surface area contributed by atoms with E-state index in [9.17, 15) is 4.79 Å². The number of carbonyl (C=O) groups is 1. The molecule has 1 heterocycles. The van der Waals surface area contributed by atoms with Crippen LogP contribution < -0.4 is 10.1 Å². The molecule has 1 atom stereocenters. The number of nitrogens with zero attached hydrogens (tertiary/aromatic N) is 2. The largest absolute Gasteiger partial charge is 0.496 e. The molecule has 0 bridgehead atoms. The maximum atomic E-state index is 12.8. The Kier molecular flexibility index (Phi) is 6.37. The molecule has 2 aromatic carbocycles. The molecule has 0 fully saturated rings. The zero-order valence-electron chi connectivity index (χ0n) is 17.8. The van der Waals surface area contributed by atoms with Crippen LogP contribution in [0.4, 0.5) is 0 Å². The number of aromatic nitrogens is 2. The van der Waals surface area contributed by atoms with Crippen LogP contribution in [0.15, 0.2) is 48.5 Å². The molecule has 0 unspecified atom stereocenters. The number of methoxy groups -OCH3 is 1. The molecule has 0 saturated carbocycles. The van der Waals surface area contributed by atoms with Crippen molar-refractivity contribution in [2.75, 3.05) is 7.11 Å². The van der Waals surface area contributed by atoms with Crippen LogP contribution in [0.1, 0.15) is 57.8 Å². The molecule has 0 aliphatic carbocycles. The predicted octanol–water partition coefficient (Wildman–Crippen LogP) is 4.75. The smallest absolute Gasteiger partial charge is 0.251 e. The minimum atomic E-state index is -0.0667. The summed E-state index contributed by atoms with van der Waals surface area (Å²) in [6, 6.07) is 15.8. The monoisotopic (exact) mass is 391 g/mol. The van der Waals surface area contributed by atoms with Gasteiger partial charge >= 0.3 is 0 Å². The number of hydrogen-bond donors (Lipinski definition) is 1. The summed E-state index contributed by atoms with van der Waals surface area (Å²) in [5.41, 5.74) is 6.06. The summed E-state index contributed by atoms with van der Waals surface area (Å²) in [5.74, 6) is 0.788. The van der Waals surface area contributed by atoms with Crippen molar-refractivity contribution in [1.82, 2.24) is 15.1 Å². The quantitative estimate of drug-likeness (QED) is 0.632. The molecule has 0 aliphatic rings. The van der Waals surface area contributed by atoms with E-state index in [1.165, 1.54) is 0 Å². The van der Waals surface area contributed by atoms with Crippen molar-refractivity contribution in [3.8, 4) is 5.75 Å². The highest BCUT2D eigenvalue weighted by atomic mass is 16.5. The van der Waals surface area contributed by atoms with Gasteiger partial charge in [0.25, 0.3) is 5.91 Å². The first-order valence-corrected chi connectivity index (χ1v) is 9.96. The Bertz CT molecular complexity index is 990. The molecular weight excluding hydrogens is 362 g/mol. The lowest BCUT2D eigenvalue weighted by atomic mass is 10.0. The number of aryl methyl sites for hydroxylation is 3. The summed E-state index contributed by atoms with van der Waals surface area (Å²) >= 11 is 0. The van der Waals surface area contributed by atoms with Gasteiger partial charge in [-0.05, 0) is 68.1 Å². The lowest BCUT2D eigenvalue weighted by molar-refractivity contribution is 0.0935. The topological polar surface area (TPSA) is 56.2 Å². The maximum Gasteiger partial charge on any atom is 0.251 e. The van der Waals surface area contributed by atoms with Gasteiger partial charge in [0.15, 0.2) is 0 Å². The Morgan fingerprint density at radius 1 is 1.10 bits per heavy atom. The Morgan fingerprint density at radius 2 is 1.83 bits per heavy atom. The van der Waals surface area contributed by atoms with Gasteiger partial charge in [0.1, 0.15) is 5.75 Å². The summed E-state index contributed by atoms with van der Waals surface area (Å²) in [5, 5.41) is 7.64. The van der Waals surface area contributed by atoms with E-state index in [-0.39, 0.29) is 11.9 Å². The summed E-state index contributed by atoms with van der Waals surface area (Å²) in [6.45, 7) is 8.82. The number of hydrogen-bond acceptors (Lipinski definition) is 3. The van der Waals surface area contributed by atoms with Gasteiger partial charge in [-0.15, -0.1) is 0 Å². The highest BCUT2D eigenvalue weighted by molar-refractivity contribution is 5.94. The van der Waals surface area contributed by atoms with Crippen molar-refractivity contribution in [2.24, 2.45) is 0 Å². The van der Waals surface area contributed by atoms with Gasteiger partial charge in [-0.1, -0.05) is 31.2 Å². The number of benzene rings is 2. The summed E-state index contributed by atoms with van der Waals surface area (Å²) < 4.78 is 7.31. The minimum absolute atomic E-state index is 0.0403. The van der Waals surface area contributed by atoms with Crippen LogP contribution >= 0.6 is 0 Å². The summed E-state index contributed by atoms with van der Waals surface area (Å²) in [7, 11) is 1.67. The average Bonchev–Trinajstić information content (AvgIpc) is 3.03. The first-order valence-electron chi connectivity index (χ1n) is 9.96. The fourth-order valence-corrected chi connectivity index (χ4v) is 3.55. The predicted molar refractivity (Wildman–Crippen MR) is 115 cm³/mol. The Hall–Kier alpha value is -3.08. The van der Waals surface area contributed by atoms with Crippen LogP contribution in [-0.2, 0) is 6.54 Å². The fourth-order valence-electron chi connectivity index (χ4n) is 3.55. The normalized spacial score (nSPS) is 11.9. The van der Waals surface area contributed by atoms with Crippen LogP contribution in [0.2, 0.25) is 0 Å². The fraction of sp³-hybridized carbons (Fsp3) is 0.333. The van der Waals surface area contributed by atoms with Gasteiger partial charge in [-0.3, -0.25) is 9.48 Å². The molecule has 3 aromatic rings. The van der Waals surface area contributed by atoms with E-state index in [2.05, 4.69) is 29.5 Å². The second-order valence-electron chi connectivity index (χ2n) is 7.45. The van der Waals surface area contributed by atoms with E-state index >= 15 is 0 Å². The molecule has 1 aromatic heterocycles. The third-order valence-electron chi connectivity index (χ3n) is 5.19. The van der Waals surface area contributed by atoms with Gasteiger partial charge in [0, 0.05) is 11.3 Å². The van der Waals surface area contributed by atoms with E-state index in [4.69, 9.17) is 4.74 Å².